The van der Waals surface area contributed by atoms with Crippen molar-refractivity contribution in [1.29, 1.82) is 0 Å². The zero-order valence-corrected chi connectivity index (χ0v) is 17.8. The number of benzene rings is 2. The highest BCUT2D eigenvalue weighted by Gasteiger charge is 2.39. The number of aromatic amines is 1. The second kappa shape index (κ2) is 7.58. The van der Waals surface area contributed by atoms with Crippen molar-refractivity contribution in [3.63, 3.8) is 0 Å². The molecule has 2 atom stereocenters. The molecule has 7 nitrogen and oxygen atoms in total. The van der Waals surface area contributed by atoms with E-state index in [1.165, 1.54) is 22.5 Å². The molecule has 0 bridgehead atoms. The van der Waals surface area contributed by atoms with E-state index >= 15 is 0 Å². The van der Waals surface area contributed by atoms with Crippen molar-refractivity contribution in [1.82, 2.24) is 24.3 Å². The largest absolute Gasteiger partial charge is 0.285 e. The summed E-state index contributed by atoms with van der Waals surface area (Å²) < 4.78 is 43.6. The first-order chi connectivity index (χ1) is 14.9. The Morgan fingerprint density at radius 2 is 2.00 bits per heavy atom. The molecule has 0 saturated carbocycles. The van der Waals surface area contributed by atoms with Crippen molar-refractivity contribution in [2.45, 2.75) is 30.8 Å². The summed E-state index contributed by atoms with van der Waals surface area (Å²) in [6, 6.07) is 11.4. The van der Waals surface area contributed by atoms with E-state index in [4.69, 9.17) is 0 Å². The average Bonchev–Trinajstić information content (AvgIpc) is 3.49. The highest BCUT2D eigenvalue weighted by Crippen LogP contribution is 2.32. The van der Waals surface area contributed by atoms with Crippen LogP contribution in [0.15, 0.2) is 66.0 Å². The van der Waals surface area contributed by atoms with Gasteiger partial charge in [-0.25, -0.2) is 12.8 Å². The van der Waals surface area contributed by atoms with Crippen LogP contribution in [0.2, 0.25) is 0 Å². The summed E-state index contributed by atoms with van der Waals surface area (Å²) in [5.41, 5.74) is 3.06. The smallest absolute Gasteiger partial charge is 0.246 e. The van der Waals surface area contributed by atoms with Crippen LogP contribution in [-0.4, -0.2) is 45.3 Å². The molecule has 5 rings (SSSR count). The lowest BCUT2D eigenvalue weighted by Crippen LogP contribution is -2.34. The summed E-state index contributed by atoms with van der Waals surface area (Å²) in [5, 5.41) is 12.4. The number of halogens is 1. The third-order valence-electron chi connectivity index (χ3n) is 5.93. The van der Waals surface area contributed by atoms with E-state index in [-0.39, 0.29) is 16.9 Å². The molecule has 160 valence electrons. The Balaban J connectivity index is 1.37. The summed E-state index contributed by atoms with van der Waals surface area (Å²) in [7, 11) is -3.88. The Bertz CT molecular complexity index is 1330. The number of fused-ring (bicyclic) bond motifs is 1. The van der Waals surface area contributed by atoms with Crippen molar-refractivity contribution < 1.29 is 12.8 Å². The molecule has 3 heterocycles. The Morgan fingerprint density at radius 1 is 1.16 bits per heavy atom. The molecular formula is C22H22FN5O2S. The molecule has 0 unspecified atom stereocenters. The third-order valence-corrected chi connectivity index (χ3v) is 7.95. The van der Waals surface area contributed by atoms with Gasteiger partial charge in [-0.3, -0.25) is 9.78 Å². The fourth-order valence-corrected chi connectivity index (χ4v) is 6.21. The van der Waals surface area contributed by atoms with Crippen LogP contribution in [0.4, 0.5) is 4.39 Å². The first-order valence-electron chi connectivity index (χ1n) is 10.1. The van der Waals surface area contributed by atoms with Crippen LogP contribution in [0.25, 0.3) is 22.0 Å². The van der Waals surface area contributed by atoms with Gasteiger partial charge in [0.1, 0.15) is 10.7 Å². The second-order valence-electron chi connectivity index (χ2n) is 8.04. The van der Waals surface area contributed by atoms with E-state index in [1.807, 2.05) is 36.1 Å². The van der Waals surface area contributed by atoms with Gasteiger partial charge >= 0.3 is 0 Å². The van der Waals surface area contributed by atoms with Gasteiger partial charge in [0.25, 0.3) is 0 Å². The van der Waals surface area contributed by atoms with Crippen molar-refractivity contribution in [3.8, 4) is 11.1 Å². The second-order valence-corrected chi connectivity index (χ2v) is 9.90. The zero-order valence-electron chi connectivity index (χ0n) is 16.9. The van der Waals surface area contributed by atoms with Gasteiger partial charge < -0.3 is 0 Å². The molecule has 0 radical (unpaired) electrons. The van der Waals surface area contributed by atoms with Crippen LogP contribution >= 0.6 is 0 Å². The molecular weight excluding hydrogens is 417 g/mol. The lowest BCUT2D eigenvalue weighted by Gasteiger charge is -2.21. The summed E-state index contributed by atoms with van der Waals surface area (Å²) in [4.78, 5) is -0.265. The van der Waals surface area contributed by atoms with Crippen LogP contribution in [0.5, 0.6) is 0 Å². The standard InChI is InChI=1S/C22H22FN5O2S/c1-15-8-16(14-28(15)31(29,30)22-5-3-2-4-20(22)23)13-27-21-7-6-17(9-18(21)12-26-27)19-10-24-25-11-19/h2-7,9-12,15-16H,8,13-14H2,1H3,(H,24,25)/t15-,16+/m1/s1. The van der Waals surface area contributed by atoms with Crippen molar-refractivity contribution in [3.05, 3.63) is 66.9 Å². The van der Waals surface area contributed by atoms with Crippen LogP contribution in [-0.2, 0) is 16.6 Å². The van der Waals surface area contributed by atoms with E-state index in [2.05, 4.69) is 21.4 Å². The summed E-state index contributed by atoms with van der Waals surface area (Å²) in [6.07, 6.45) is 6.14. The molecule has 31 heavy (non-hydrogen) atoms. The van der Waals surface area contributed by atoms with Gasteiger partial charge in [-0.2, -0.15) is 14.5 Å². The number of hydrogen-bond acceptors (Lipinski definition) is 4. The third kappa shape index (κ3) is 3.53. The SMILES string of the molecule is C[C@@H]1C[C@@H](Cn2ncc3cc(-c4cn[nH]c4)ccc32)CN1S(=O)(=O)c1ccccc1F. The molecule has 1 aliphatic rings. The molecule has 1 N–H and O–H groups in total. The first-order valence-corrected chi connectivity index (χ1v) is 11.6. The van der Waals surface area contributed by atoms with Gasteiger partial charge in [-0.05, 0) is 49.1 Å². The summed E-state index contributed by atoms with van der Waals surface area (Å²) in [5.74, 6) is -0.627. The van der Waals surface area contributed by atoms with Gasteiger partial charge in [0.05, 0.1) is 17.9 Å². The fourth-order valence-electron chi connectivity index (χ4n) is 4.42. The highest BCUT2D eigenvalue weighted by atomic mass is 32.2. The predicted octanol–water partition coefficient (Wildman–Crippen LogP) is 3.66. The van der Waals surface area contributed by atoms with E-state index in [0.717, 1.165) is 22.0 Å². The maximum atomic E-state index is 14.2. The number of aromatic nitrogens is 4. The van der Waals surface area contributed by atoms with Crippen molar-refractivity contribution in [2.75, 3.05) is 6.54 Å². The minimum Gasteiger partial charge on any atom is -0.285 e. The van der Waals surface area contributed by atoms with Crippen LogP contribution in [0, 0.1) is 11.7 Å². The molecule has 1 aliphatic heterocycles. The van der Waals surface area contributed by atoms with Crippen molar-refractivity contribution >= 4 is 20.9 Å². The molecule has 2 aromatic heterocycles. The fraction of sp³-hybridized carbons (Fsp3) is 0.273. The first kappa shape index (κ1) is 19.9. The summed E-state index contributed by atoms with van der Waals surface area (Å²) in [6.45, 7) is 2.81. The van der Waals surface area contributed by atoms with Crippen LogP contribution in [0.3, 0.4) is 0 Å². The molecule has 0 aliphatic carbocycles. The number of rotatable bonds is 5. The van der Waals surface area contributed by atoms with Gasteiger partial charge in [0, 0.05) is 36.3 Å². The molecule has 4 aromatic rings. The molecule has 2 aromatic carbocycles. The van der Waals surface area contributed by atoms with Crippen LogP contribution in [0.1, 0.15) is 13.3 Å². The number of H-pyrrole nitrogens is 1. The van der Waals surface area contributed by atoms with Gasteiger partial charge in [0.2, 0.25) is 10.0 Å². The minimum atomic E-state index is -3.88. The topological polar surface area (TPSA) is 83.9 Å². The number of sulfonamides is 1. The Morgan fingerprint density at radius 3 is 2.77 bits per heavy atom. The normalized spacial score (nSPS) is 19.9. The van der Waals surface area contributed by atoms with Gasteiger partial charge in [-0.1, -0.05) is 18.2 Å². The van der Waals surface area contributed by atoms with E-state index < -0.39 is 15.8 Å². The lowest BCUT2D eigenvalue weighted by molar-refractivity contribution is 0.393. The lowest BCUT2D eigenvalue weighted by atomic mass is 10.1. The maximum absolute atomic E-state index is 14.2. The van der Waals surface area contributed by atoms with E-state index in [1.54, 1.807) is 12.3 Å². The Hall–Kier alpha value is -3.04. The van der Waals surface area contributed by atoms with Crippen LogP contribution < -0.4 is 0 Å². The molecule has 0 spiro atoms. The van der Waals surface area contributed by atoms with Gasteiger partial charge in [-0.15, -0.1) is 0 Å². The van der Waals surface area contributed by atoms with E-state index in [0.29, 0.717) is 19.5 Å². The van der Waals surface area contributed by atoms with Gasteiger partial charge in [0.15, 0.2) is 0 Å². The van der Waals surface area contributed by atoms with Crippen molar-refractivity contribution in [2.24, 2.45) is 5.92 Å². The maximum Gasteiger partial charge on any atom is 0.246 e. The number of nitrogens with one attached hydrogen (secondary N) is 1. The van der Waals surface area contributed by atoms with E-state index in [9.17, 15) is 12.8 Å². The Kier molecular flexibility index (Phi) is 4.86. The average molecular weight is 440 g/mol. The molecule has 0 amide bonds. The molecule has 9 heteroatoms. The Labute approximate surface area is 179 Å². The monoisotopic (exact) mass is 439 g/mol. The molecule has 1 fully saturated rings. The predicted molar refractivity (Wildman–Crippen MR) is 115 cm³/mol. The summed E-state index contributed by atoms with van der Waals surface area (Å²) >= 11 is 0. The number of hydrogen-bond donors (Lipinski definition) is 1. The molecule has 1 saturated heterocycles. The quantitative estimate of drug-likeness (QED) is 0.514. The highest BCUT2D eigenvalue weighted by molar-refractivity contribution is 7.89. The zero-order chi connectivity index (χ0) is 21.6. The minimum absolute atomic E-state index is 0.0909. The number of nitrogens with zero attached hydrogens (tertiary/aromatic N) is 4.